The summed E-state index contributed by atoms with van der Waals surface area (Å²) in [5.41, 5.74) is 2.55. The zero-order chi connectivity index (χ0) is 13.2. The summed E-state index contributed by atoms with van der Waals surface area (Å²) in [7, 11) is 1.95. The Balaban J connectivity index is 1.75. The third-order valence-corrected chi connectivity index (χ3v) is 3.75. The number of nitrogens with zero attached hydrogens (tertiary/aromatic N) is 3. The monoisotopic (exact) mass is 258 g/mol. The summed E-state index contributed by atoms with van der Waals surface area (Å²) in [5, 5.41) is 21.0. The van der Waals surface area contributed by atoms with Gasteiger partial charge < -0.3 is 15.0 Å². The van der Waals surface area contributed by atoms with Crippen molar-refractivity contribution in [3.63, 3.8) is 0 Å². The predicted octanol–water partition coefficient (Wildman–Crippen LogP) is 1.69. The first kappa shape index (κ1) is 12.2. The lowest BCUT2D eigenvalue weighted by molar-refractivity contribution is 0.442. The van der Waals surface area contributed by atoms with Gasteiger partial charge in [0.1, 0.15) is 17.9 Å². The number of aryl methyl sites for hydroxylation is 2. The van der Waals surface area contributed by atoms with E-state index in [0.717, 1.165) is 25.1 Å². The molecule has 100 valence electrons. The molecule has 0 amide bonds. The molecule has 1 aliphatic carbocycles. The summed E-state index contributed by atoms with van der Waals surface area (Å²) >= 11 is 0. The molecule has 1 unspecified atom stereocenters. The third-order valence-electron chi connectivity index (χ3n) is 3.75. The minimum Gasteiger partial charge on any atom is -0.508 e. The van der Waals surface area contributed by atoms with Gasteiger partial charge in [0.15, 0.2) is 0 Å². The smallest absolute Gasteiger partial charge is 0.146 e. The zero-order valence-corrected chi connectivity index (χ0v) is 11.0. The van der Waals surface area contributed by atoms with E-state index >= 15 is 0 Å². The van der Waals surface area contributed by atoms with Gasteiger partial charge in [0.05, 0.1) is 6.54 Å². The third kappa shape index (κ3) is 2.46. The van der Waals surface area contributed by atoms with Crippen LogP contribution in [0.5, 0.6) is 5.75 Å². The van der Waals surface area contributed by atoms with Gasteiger partial charge in [-0.15, -0.1) is 10.2 Å². The first-order valence-electron chi connectivity index (χ1n) is 6.62. The number of nitrogens with one attached hydrogen (secondary N) is 1. The standard InChI is InChI=1S/C14H18N4O/c1-18-9-16-17-14(18)8-15-13-4-2-3-10-7-11(19)5-6-12(10)13/h5-7,9,13,15,19H,2-4,8H2,1H3. The van der Waals surface area contributed by atoms with E-state index < -0.39 is 0 Å². The fourth-order valence-electron chi connectivity index (χ4n) is 2.69. The summed E-state index contributed by atoms with van der Waals surface area (Å²) in [6, 6.07) is 6.01. The highest BCUT2D eigenvalue weighted by Gasteiger charge is 2.20. The van der Waals surface area contributed by atoms with Crippen molar-refractivity contribution in [2.75, 3.05) is 0 Å². The average Bonchev–Trinajstić information content (AvgIpc) is 2.81. The Hall–Kier alpha value is -1.88. The lowest BCUT2D eigenvalue weighted by Crippen LogP contribution is -2.26. The van der Waals surface area contributed by atoms with Crippen LogP contribution in [0.2, 0.25) is 0 Å². The van der Waals surface area contributed by atoms with E-state index in [1.807, 2.05) is 23.7 Å². The molecular weight excluding hydrogens is 240 g/mol. The number of aromatic nitrogens is 3. The number of fused-ring (bicyclic) bond motifs is 1. The molecule has 2 aromatic rings. The normalized spacial score (nSPS) is 18.3. The summed E-state index contributed by atoms with van der Waals surface area (Å²) < 4.78 is 1.92. The van der Waals surface area contributed by atoms with Crippen molar-refractivity contribution in [3.8, 4) is 5.75 Å². The summed E-state index contributed by atoms with van der Waals surface area (Å²) in [6.07, 6.45) is 5.03. The quantitative estimate of drug-likeness (QED) is 0.879. The SMILES string of the molecule is Cn1cnnc1CNC1CCCc2cc(O)ccc21. The minimum atomic E-state index is 0.334. The Bertz CT molecular complexity index is 579. The fraction of sp³-hybridized carbons (Fsp3) is 0.429. The number of hydrogen-bond donors (Lipinski definition) is 2. The van der Waals surface area contributed by atoms with Crippen LogP contribution in [-0.2, 0) is 20.0 Å². The maximum absolute atomic E-state index is 9.55. The predicted molar refractivity (Wildman–Crippen MR) is 71.6 cm³/mol. The lowest BCUT2D eigenvalue weighted by atomic mass is 9.87. The molecule has 0 fully saturated rings. The highest BCUT2D eigenvalue weighted by Crippen LogP contribution is 2.31. The molecule has 1 aliphatic rings. The fourth-order valence-corrected chi connectivity index (χ4v) is 2.69. The van der Waals surface area contributed by atoms with E-state index in [4.69, 9.17) is 0 Å². The van der Waals surface area contributed by atoms with E-state index in [2.05, 4.69) is 15.5 Å². The molecule has 2 N–H and O–H groups in total. The van der Waals surface area contributed by atoms with Gasteiger partial charge in [-0.1, -0.05) is 6.07 Å². The Morgan fingerprint density at radius 1 is 1.47 bits per heavy atom. The van der Waals surface area contributed by atoms with E-state index in [-0.39, 0.29) is 0 Å². The van der Waals surface area contributed by atoms with E-state index in [9.17, 15) is 5.11 Å². The lowest BCUT2D eigenvalue weighted by Gasteiger charge is -2.26. The molecule has 1 atom stereocenters. The second-order valence-electron chi connectivity index (χ2n) is 5.07. The molecule has 0 saturated heterocycles. The van der Waals surface area contributed by atoms with Gasteiger partial charge >= 0.3 is 0 Å². The molecule has 1 aromatic carbocycles. The van der Waals surface area contributed by atoms with Crippen LogP contribution in [0, 0.1) is 0 Å². The minimum absolute atomic E-state index is 0.334. The molecule has 0 aliphatic heterocycles. The second kappa shape index (κ2) is 5.01. The van der Waals surface area contributed by atoms with Gasteiger partial charge in [-0.2, -0.15) is 0 Å². The van der Waals surface area contributed by atoms with Gasteiger partial charge in [-0.05, 0) is 42.5 Å². The molecule has 1 aromatic heterocycles. The van der Waals surface area contributed by atoms with Crippen molar-refractivity contribution in [3.05, 3.63) is 41.5 Å². The van der Waals surface area contributed by atoms with Crippen molar-refractivity contribution in [1.82, 2.24) is 20.1 Å². The van der Waals surface area contributed by atoms with Crippen LogP contribution in [0.4, 0.5) is 0 Å². The molecule has 3 rings (SSSR count). The van der Waals surface area contributed by atoms with Crippen molar-refractivity contribution < 1.29 is 5.11 Å². The first-order valence-corrected chi connectivity index (χ1v) is 6.62. The van der Waals surface area contributed by atoms with Crippen LogP contribution in [0.1, 0.15) is 35.8 Å². The molecular formula is C14H18N4O. The number of phenolic OH excluding ortho intramolecular Hbond substituents is 1. The molecule has 0 spiro atoms. The van der Waals surface area contributed by atoms with Crippen LogP contribution in [0.3, 0.4) is 0 Å². The highest BCUT2D eigenvalue weighted by molar-refractivity contribution is 5.38. The number of rotatable bonds is 3. The summed E-state index contributed by atoms with van der Waals surface area (Å²) in [5.74, 6) is 1.29. The maximum atomic E-state index is 9.55. The van der Waals surface area contributed by atoms with Gasteiger partial charge in [-0.25, -0.2) is 0 Å². The Morgan fingerprint density at radius 3 is 3.16 bits per heavy atom. The van der Waals surface area contributed by atoms with Crippen molar-refractivity contribution >= 4 is 0 Å². The maximum Gasteiger partial charge on any atom is 0.146 e. The van der Waals surface area contributed by atoms with Crippen LogP contribution < -0.4 is 5.32 Å². The Labute approximate surface area is 112 Å². The molecule has 1 heterocycles. The van der Waals surface area contributed by atoms with Gasteiger partial charge in [0, 0.05) is 13.1 Å². The molecule has 0 saturated carbocycles. The average molecular weight is 258 g/mol. The Kier molecular flexibility index (Phi) is 3.21. The molecule has 0 radical (unpaired) electrons. The van der Waals surface area contributed by atoms with Crippen LogP contribution in [0.15, 0.2) is 24.5 Å². The second-order valence-corrected chi connectivity index (χ2v) is 5.07. The van der Waals surface area contributed by atoms with E-state index in [0.29, 0.717) is 18.3 Å². The van der Waals surface area contributed by atoms with Gasteiger partial charge in [-0.3, -0.25) is 0 Å². The molecule has 5 heteroatoms. The highest BCUT2D eigenvalue weighted by atomic mass is 16.3. The largest absolute Gasteiger partial charge is 0.508 e. The zero-order valence-electron chi connectivity index (χ0n) is 11.0. The number of benzene rings is 1. The summed E-state index contributed by atoms with van der Waals surface area (Å²) in [6.45, 7) is 0.710. The van der Waals surface area contributed by atoms with Crippen molar-refractivity contribution in [2.24, 2.45) is 7.05 Å². The van der Waals surface area contributed by atoms with Gasteiger partial charge in [0.25, 0.3) is 0 Å². The van der Waals surface area contributed by atoms with Crippen LogP contribution >= 0.6 is 0 Å². The van der Waals surface area contributed by atoms with Gasteiger partial charge in [0.2, 0.25) is 0 Å². The Morgan fingerprint density at radius 2 is 2.37 bits per heavy atom. The van der Waals surface area contributed by atoms with Crippen LogP contribution in [0.25, 0.3) is 0 Å². The number of hydrogen-bond acceptors (Lipinski definition) is 4. The van der Waals surface area contributed by atoms with Crippen molar-refractivity contribution in [1.29, 1.82) is 0 Å². The topological polar surface area (TPSA) is 63.0 Å². The molecule has 5 nitrogen and oxygen atoms in total. The molecule has 0 bridgehead atoms. The van der Waals surface area contributed by atoms with E-state index in [1.54, 1.807) is 12.4 Å². The van der Waals surface area contributed by atoms with Crippen molar-refractivity contribution in [2.45, 2.75) is 31.8 Å². The first-order chi connectivity index (χ1) is 9.24. The van der Waals surface area contributed by atoms with Crippen LogP contribution in [-0.4, -0.2) is 19.9 Å². The number of phenols is 1. The summed E-state index contributed by atoms with van der Waals surface area (Å²) in [4.78, 5) is 0. The number of aromatic hydroxyl groups is 1. The van der Waals surface area contributed by atoms with E-state index in [1.165, 1.54) is 11.1 Å². The molecule has 19 heavy (non-hydrogen) atoms.